The first-order valence-electron chi connectivity index (χ1n) is 5.55. The Morgan fingerprint density at radius 2 is 2.13 bits per heavy atom. The van der Waals surface area contributed by atoms with Crippen molar-refractivity contribution in [2.75, 3.05) is 52.9 Å². The van der Waals surface area contributed by atoms with Crippen molar-refractivity contribution < 1.29 is 9.53 Å². The van der Waals surface area contributed by atoms with Crippen LogP contribution in [0.25, 0.3) is 0 Å². The lowest BCUT2D eigenvalue weighted by Crippen LogP contribution is -2.46. The molecule has 0 aromatic rings. The Labute approximate surface area is 91.4 Å². The zero-order valence-corrected chi connectivity index (χ0v) is 9.66. The number of nitrogens with one attached hydrogen (secondary N) is 1. The van der Waals surface area contributed by atoms with Gasteiger partial charge < -0.3 is 15.0 Å². The maximum atomic E-state index is 11.3. The van der Waals surface area contributed by atoms with Gasteiger partial charge in [-0.2, -0.15) is 0 Å². The summed E-state index contributed by atoms with van der Waals surface area (Å²) in [6.45, 7) is 8.15. The first kappa shape index (κ1) is 12.3. The highest BCUT2D eigenvalue weighted by Gasteiger charge is 2.13. The Morgan fingerprint density at radius 3 is 2.73 bits per heavy atom. The van der Waals surface area contributed by atoms with E-state index < -0.39 is 0 Å². The molecule has 1 heterocycles. The van der Waals surface area contributed by atoms with Gasteiger partial charge in [0.15, 0.2) is 0 Å². The van der Waals surface area contributed by atoms with Crippen LogP contribution in [-0.4, -0.2) is 68.8 Å². The fourth-order valence-electron chi connectivity index (χ4n) is 1.55. The maximum absolute atomic E-state index is 11.3. The van der Waals surface area contributed by atoms with Gasteiger partial charge in [-0.15, -0.1) is 0 Å². The van der Waals surface area contributed by atoms with E-state index in [1.807, 2.05) is 6.92 Å². The van der Waals surface area contributed by atoms with Crippen molar-refractivity contribution in [3.8, 4) is 0 Å². The molecule has 1 rings (SSSR count). The summed E-state index contributed by atoms with van der Waals surface area (Å²) < 4.78 is 4.90. The topological polar surface area (TPSA) is 44.8 Å². The quantitative estimate of drug-likeness (QED) is 0.716. The third kappa shape index (κ3) is 4.48. The molecule has 0 saturated carbocycles. The van der Waals surface area contributed by atoms with Gasteiger partial charge in [-0.25, -0.2) is 4.79 Å². The molecule has 1 saturated heterocycles. The van der Waals surface area contributed by atoms with Crippen molar-refractivity contribution in [3.63, 3.8) is 0 Å². The number of carbonyl (C=O) groups is 1. The minimum Gasteiger partial charge on any atom is -0.450 e. The summed E-state index contributed by atoms with van der Waals surface area (Å²) in [5.41, 5.74) is 0. The van der Waals surface area contributed by atoms with Crippen LogP contribution in [0.4, 0.5) is 4.79 Å². The van der Waals surface area contributed by atoms with E-state index in [4.69, 9.17) is 4.74 Å². The molecule has 0 radical (unpaired) electrons. The average molecular weight is 215 g/mol. The van der Waals surface area contributed by atoms with E-state index in [9.17, 15) is 4.79 Å². The lowest BCUT2D eigenvalue weighted by atomic mass is 10.3. The first-order valence-corrected chi connectivity index (χ1v) is 5.55. The van der Waals surface area contributed by atoms with Gasteiger partial charge in [0, 0.05) is 46.3 Å². The Hall–Kier alpha value is -0.810. The van der Waals surface area contributed by atoms with Gasteiger partial charge in [-0.3, -0.25) is 4.90 Å². The van der Waals surface area contributed by atoms with Crippen molar-refractivity contribution >= 4 is 6.09 Å². The fourth-order valence-corrected chi connectivity index (χ4v) is 1.55. The Morgan fingerprint density at radius 1 is 1.47 bits per heavy atom. The molecule has 0 aliphatic carbocycles. The third-order valence-corrected chi connectivity index (χ3v) is 2.54. The van der Waals surface area contributed by atoms with Crippen LogP contribution in [0.5, 0.6) is 0 Å². The van der Waals surface area contributed by atoms with Crippen molar-refractivity contribution in [2.45, 2.75) is 6.92 Å². The number of nitrogens with zero attached hydrogens (tertiary/aromatic N) is 2. The Bertz CT molecular complexity index is 193. The summed E-state index contributed by atoms with van der Waals surface area (Å²) in [4.78, 5) is 15.3. The number of hydrogen-bond donors (Lipinski definition) is 1. The van der Waals surface area contributed by atoms with Crippen LogP contribution in [0, 0.1) is 0 Å². The van der Waals surface area contributed by atoms with E-state index in [0.29, 0.717) is 6.61 Å². The van der Waals surface area contributed by atoms with Gasteiger partial charge in [0.25, 0.3) is 0 Å². The number of amides is 1. The van der Waals surface area contributed by atoms with Crippen LogP contribution in [0.3, 0.4) is 0 Å². The largest absolute Gasteiger partial charge is 0.450 e. The number of ether oxygens (including phenoxy) is 1. The summed E-state index contributed by atoms with van der Waals surface area (Å²) in [5, 5.41) is 3.30. The van der Waals surface area contributed by atoms with E-state index in [2.05, 4.69) is 10.2 Å². The van der Waals surface area contributed by atoms with Gasteiger partial charge in [0.05, 0.1) is 6.61 Å². The summed E-state index contributed by atoms with van der Waals surface area (Å²) in [6.07, 6.45) is -0.229. The molecule has 0 unspecified atom stereocenters. The smallest absolute Gasteiger partial charge is 0.409 e. The van der Waals surface area contributed by atoms with Crippen LogP contribution >= 0.6 is 0 Å². The molecular formula is C10H21N3O2. The van der Waals surface area contributed by atoms with Gasteiger partial charge in [-0.05, 0) is 6.92 Å². The summed E-state index contributed by atoms with van der Waals surface area (Å²) in [7, 11) is 1.78. The van der Waals surface area contributed by atoms with E-state index in [-0.39, 0.29) is 6.09 Å². The standard InChI is InChI=1S/C10H21N3O2/c1-3-15-10(14)12(2)8-9-13-6-4-11-5-7-13/h11H,3-9H2,1-2H3. The molecule has 1 aliphatic heterocycles. The molecular weight excluding hydrogens is 194 g/mol. The van der Waals surface area contributed by atoms with Crippen LogP contribution < -0.4 is 5.32 Å². The van der Waals surface area contributed by atoms with Crippen LogP contribution in [-0.2, 0) is 4.74 Å². The molecule has 1 N–H and O–H groups in total. The second kappa shape index (κ2) is 6.63. The SMILES string of the molecule is CCOC(=O)N(C)CCN1CCNCC1. The molecule has 1 amide bonds. The minimum absolute atomic E-state index is 0.229. The van der Waals surface area contributed by atoms with E-state index in [1.165, 1.54) is 0 Å². The predicted octanol–water partition coefficient (Wildman–Crippen LogP) is -0.0201. The van der Waals surface area contributed by atoms with E-state index in [1.54, 1.807) is 11.9 Å². The number of likely N-dealkylation sites (N-methyl/N-ethyl adjacent to an activating group) is 1. The molecule has 88 valence electrons. The summed E-state index contributed by atoms with van der Waals surface area (Å²) in [6, 6.07) is 0. The van der Waals surface area contributed by atoms with Crippen molar-refractivity contribution in [1.29, 1.82) is 0 Å². The van der Waals surface area contributed by atoms with Crippen LogP contribution in [0.2, 0.25) is 0 Å². The Kier molecular flexibility index (Phi) is 5.42. The number of piperazine rings is 1. The predicted molar refractivity (Wildman–Crippen MR) is 59.0 cm³/mol. The van der Waals surface area contributed by atoms with Gasteiger partial charge >= 0.3 is 6.09 Å². The molecule has 15 heavy (non-hydrogen) atoms. The first-order chi connectivity index (χ1) is 7.24. The highest BCUT2D eigenvalue weighted by Crippen LogP contribution is 1.95. The van der Waals surface area contributed by atoms with Gasteiger partial charge in [0.1, 0.15) is 0 Å². The van der Waals surface area contributed by atoms with Crippen molar-refractivity contribution in [2.24, 2.45) is 0 Å². The van der Waals surface area contributed by atoms with Crippen LogP contribution in [0.1, 0.15) is 6.92 Å². The zero-order valence-electron chi connectivity index (χ0n) is 9.66. The lowest BCUT2D eigenvalue weighted by molar-refractivity contribution is 0.110. The second-order valence-corrected chi connectivity index (χ2v) is 3.71. The van der Waals surface area contributed by atoms with E-state index >= 15 is 0 Å². The third-order valence-electron chi connectivity index (χ3n) is 2.54. The highest BCUT2D eigenvalue weighted by molar-refractivity contribution is 5.67. The van der Waals surface area contributed by atoms with Crippen LogP contribution in [0.15, 0.2) is 0 Å². The monoisotopic (exact) mass is 215 g/mol. The van der Waals surface area contributed by atoms with Crippen molar-refractivity contribution in [1.82, 2.24) is 15.1 Å². The van der Waals surface area contributed by atoms with Gasteiger partial charge in [-0.1, -0.05) is 0 Å². The van der Waals surface area contributed by atoms with Crippen molar-refractivity contribution in [3.05, 3.63) is 0 Å². The highest BCUT2D eigenvalue weighted by atomic mass is 16.5. The number of rotatable bonds is 4. The molecule has 0 atom stereocenters. The molecule has 0 spiro atoms. The van der Waals surface area contributed by atoms with Gasteiger partial charge in [0.2, 0.25) is 0 Å². The summed E-state index contributed by atoms with van der Waals surface area (Å²) in [5.74, 6) is 0. The number of carbonyl (C=O) groups excluding carboxylic acids is 1. The second-order valence-electron chi connectivity index (χ2n) is 3.71. The van der Waals surface area contributed by atoms with E-state index in [0.717, 1.165) is 39.3 Å². The molecule has 1 fully saturated rings. The minimum atomic E-state index is -0.229. The zero-order chi connectivity index (χ0) is 11.1. The molecule has 0 aromatic heterocycles. The maximum Gasteiger partial charge on any atom is 0.409 e. The lowest BCUT2D eigenvalue weighted by Gasteiger charge is -2.28. The fraction of sp³-hybridized carbons (Fsp3) is 0.900. The summed E-state index contributed by atoms with van der Waals surface area (Å²) >= 11 is 0. The average Bonchev–Trinajstić information content (AvgIpc) is 2.27. The molecule has 1 aliphatic rings. The number of hydrogen-bond acceptors (Lipinski definition) is 4. The molecule has 5 heteroatoms. The molecule has 0 bridgehead atoms. The Balaban J connectivity index is 2.14. The molecule has 5 nitrogen and oxygen atoms in total. The molecule has 0 aromatic carbocycles. The normalized spacial score (nSPS) is 17.5.